The molecule has 0 aromatic carbocycles. The fraction of sp³-hybridized carbons (Fsp3) is 0.333. The number of hydrogen-bond donors (Lipinski definition) is 0. The van der Waals surface area contributed by atoms with Crippen molar-refractivity contribution in [2.75, 3.05) is 7.11 Å². The highest BCUT2D eigenvalue weighted by Crippen LogP contribution is 2.41. The van der Waals surface area contributed by atoms with Crippen LogP contribution in [0.5, 0.6) is 0 Å². The molecule has 0 amide bonds. The molecule has 0 atom stereocenters. The van der Waals surface area contributed by atoms with Gasteiger partial charge in [0.25, 0.3) is 0 Å². The molecule has 0 aliphatic heterocycles. The Morgan fingerprint density at radius 2 is 2.25 bits per heavy atom. The third-order valence-corrected chi connectivity index (χ3v) is 3.93. The van der Waals surface area contributed by atoms with Crippen molar-refractivity contribution in [2.45, 2.75) is 25.7 Å². The Kier molecular flexibility index (Phi) is 3.05. The molecule has 0 saturated heterocycles. The van der Waals surface area contributed by atoms with Gasteiger partial charge in [0, 0.05) is 11.8 Å². The van der Waals surface area contributed by atoms with Crippen LogP contribution in [0, 0.1) is 0 Å². The molecule has 1 saturated carbocycles. The number of halogens is 1. The number of ether oxygens (including phenoxy) is 1. The van der Waals surface area contributed by atoms with Crippen molar-refractivity contribution in [2.24, 2.45) is 0 Å². The first-order valence-electron chi connectivity index (χ1n) is 6.48. The lowest BCUT2D eigenvalue weighted by Gasteiger charge is -2.07. The summed E-state index contributed by atoms with van der Waals surface area (Å²) < 4.78 is 6.47. The van der Waals surface area contributed by atoms with Gasteiger partial charge in [0.2, 0.25) is 0 Å². The van der Waals surface area contributed by atoms with E-state index in [0.717, 1.165) is 11.1 Å². The van der Waals surface area contributed by atoms with E-state index in [-0.39, 0.29) is 10.8 Å². The predicted octanol–water partition coefficient (Wildman–Crippen LogP) is 3.68. The average Bonchev–Trinajstić information content (AvgIpc) is 3.22. The van der Waals surface area contributed by atoms with Gasteiger partial charge in [0.15, 0.2) is 5.69 Å². The van der Waals surface area contributed by atoms with Crippen LogP contribution in [0.15, 0.2) is 18.8 Å². The summed E-state index contributed by atoms with van der Waals surface area (Å²) in [5, 5.41) is 0.289. The van der Waals surface area contributed by atoms with E-state index in [4.69, 9.17) is 16.3 Å². The van der Waals surface area contributed by atoms with Crippen molar-refractivity contribution >= 4 is 28.8 Å². The van der Waals surface area contributed by atoms with Crippen molar-refractivity contribution < 1.29 is 9.53 Å². The van der Waals surface area contributed by atoms with Gasteiger partial charge in [-0.1, -0.05) is 18.2 Å². The zero-order chi connectivity index (χ0) is 14.4. The minimum atomic E-state index is -0.528. The third-order valence-electron chi connectivity index (χ3n) is 3.57. The molecule has 2 aromatic rings. The smallest absolute Gasteiger partial charge is 0.359 e. The molecule has 1 aliphatic rings. The van der Waals surface area contributed by atoms with Crippen LogP contribution in [0.4, 0.5) is 0 Å². The number of nitrogens with zero attached hydrogens (tertiary/aromatic N) is 2. The summed E-state index contributed by atoms with van der Waals surface area (Å²) >= 11 is 6.27. The molecule has 0 spiro atoms. The molecule has 1 fully saturated rings. The maximum absolute atomic E-state index is 11.7. The van der Waals surface area contributed by atoms with Gasteiger partial charge in [-0.25, -0.2) is 9.78 Å². The molecule has 0 unspecified atom stereocenters. The lowest BCUT2D eigenvalue weighted by atomic mass is 10.1. The molecule has 4 nitrogen and oxygen atoms in total. The molecule has 0 bridgehead atoms. The number of rotatable bonds is 3. The molecule has 20 heavy (non-hydrogen) atoms. The standard InChI is InChI=1S/C15H15ClN2O2/c1-8(2)11-6-10(9-4-5-9)7-18-13(16)12(15(19)20-3)17-14(11)18/h6-7,9H,1,4-5H2,2-3H3. The summed E-state index contributed by atoms with van der Waals surface area (Å²) in [6.45, 7) is 5.91. The van der Waals surface area contributed by atoms with Crippen molar-refractivity contribution in [3.8, 4) is 0 Å². The van der Waals surface area contributed by atoms with Gasteiger partial charge in [-0.05, 0) is 42.9 Å². The Morgan fingerprint density at radius 1 is 1.55 bits per heavy atom. The first-order chi connectivity index (χ1) is 9.52. The first-order valence-corrected chi connectivity index (χ1v) is 6.86. The van der Waals surface area contributed by atoms with Gasteiger partial charge in [0.05, 0.1) is 7.11 Å². The highest BCUT2D eigenvalue weighted by atomic mass is 35.5. The van der Waals surface area contributed by atoms with Gasteiger partial charge in [-0.15, -0.1) is 0 Å². The summed E-state index contributed by atoms with van der Waals surface area (Å²) in [6.07, 6.45) is 4.34. The molecule has 3 rings (SSSR count). The minimum absolute atomic E-state index is 0.143. The number of esters is 1. The number of methoxy groups -OCH3 is 1. The maximum atomic E-state index is 11.7. The third kappa shape index (κ3) is 2.00. The van der Waals surface area contributed by atoms with Crippen LogP contribution in [0.2, 0.25) is 5.15 Å². The van der Waals surface area contributed by atoms with Crippen LogP contribution in [0.1, 0.15) is 47.3 Å². The summed E-state index contributed by atoms with van der Waals surface area (Å²) in [5.41, 5.74) is 3.82. The van der Waals surface area contributed by atoms with Gasteiger partial charge in [-0.3, -0.25) is 4.40 Å². The van der Waals surface area contributed by atoms with Crippen molar-refractivity contribution in [3.05, 3.63) is 40.8 Å². The Bertz CT molecular complexity index is 729. The molecule has 0 radical (unpaired) electrons. The number of hydrogen-bond acceptors (Lipinski definition) is 3. The van der Waals surface area contributed by atoms with Crippen molar-refractivity contribution in [1.29, 1.82) is 0 Å². The largest absolute Gasteiger partial charge is 0.464 e. The van der Waals surface area contributed by atoms with E-state index in [1.807, 2.05) is 13.1 Å². The average molecular weight is 291 g/mol. The SMILES string of the molecule is C=C(C)c1cc(C2CC2)cn2c(Cl)c(C(=O)OC)nc12. The molecule has 2 heterocycles. The van der Waals surface area contributed by atoms with E-state index >= 15 is 0 Å². The summed E-state index contributed by atoms with van der Waals surface area (Å²) in [6, 6.07) is 2.10. The van der Waals surface area contributed by atoms with Gasteiger partial charge in [-0.2, -0.15) is 0 Å². The number of aromatic nitrogens is 2. The molecule has 5 heteroatoms. The topological polar surface area (TPSA) is 43.6 Å². The lowest BCUT2D eigenvalue weighted by Crippen LogP contribution is -2.02. The van der Waals surface area contributed by atoms with Crippen molar-refractivity contribution in [3.63, 3.8) is 0 Å². The van der Waals surface area contributed by atoms with Crippen LogP contribution in [-0.2, 0) is 4.74 Å². The van der Waals surface area contributed by atoms with E-state index in [2.05, 4.69) is 17.6 Å². The van der Waals surface area contributed by atoms with Crippen LogP contribution in [0.3, 0.4) is 0 Å². The second-order valence-electron chi connectivity index (χ2n) is 5.18. The van der Waals surface area contributed by atoms with Gasteiger partial charge in [0.1, 0.15) is 10.8 Å². The Morgan fingerprint density at radius 3 is 2.80 bits per heavy atom. The Labute approximate surface area is 122 Å². The van der Waals surface area contributed by atoms with Crippen molar-refractivity contribution in [1.82, 2.24) is 9.38 Å². The summed E-state index contributed by atoms with van der Waals surface area (Å²) in [7, 11) is 1.32. The highest BCUT2D eigenvalue weighted by molar-refractivity contribution is 6.32. The highest BCUT2D eigenvalue weighted by Gasteiger charge is 2.27. The Hall–Kier alpha value is -1.81. The van der Waals surface area contributed by atoms with E-state index in [1.54, 1.807) is 4.40 Å². The Balaban J connectivity index is 2.29. The van der Waals surface area contributed by atoms with Crippen LogP contribution in [0.25, 0.3) is 11.2 Å². The van der Waals surface area contributed by atoms with E-state index in [1.165, 1.54) is 25.5 Å². The number of allylic oxidation sites excluding steroid dienone is 1. The van der Waals surface area contributed by atoms with Gasteiger partial charge >= 0.3 is 5.97 Å². The molecule has 0 N–H and O–H groups in total. The van der Waals surface area contributed by atoms with Crippen LogP contribution in [-0.4, -0.2) is 22.5 Å². The maximum Gasteiger partial charge on any atom is 0.359 e. The number of carbonyl (C=O) groups is 1. The normalized spacial score (nSPS) is 14.6. The zero-order valence-electron chi connectivity index (χ0n) is 11.4. The van der Waals surface area contributed by atoms with E-state index in [9.17, 15) is 4.79 Å². The van der Waals surface area contributed by atoms with E-state index in [0.29, 0.717) is 11.6 Å². The van der Waals surface area contributed by atoms with Crippen LogP contribution < -0.4 is 0 Å². The lowest BCUT2D eigenvalue weighted by molar-refractivity contribution is 0.0595. The van der Waals surface area contributed by atoms with E-state index < -0.39 is 5.97 Å². The fourth-order valence-electron chi connectivity index (χ4n) is 2.32. The number of imidazole rings is 1. The zero-order valence-corrected chi connectivity index (χ0v) is 12.2. The number of pyridine rings is 1. The first kappa shape index (κ1) is 13.2. The fourth-order valence-corrected chi connectivity index (χ4v) is 2.57. The second-order valence-corrected chi connectivity index (χ2v) is 5.54. The quantitative estimate of drug-likeness (QED) is 0.810. The number of carbonyl (C=O) groups excluding carboxylic acids is 1. The summed E-state index contributed by atoms with van der Waals surface area (Å²) in [4.78, 5) is 16.0. The molecule has 1 aliphatic carbocycles. The predicted molar refractivity (Wildman–Crippen MR) is 78.2 cm³/mol. The summed E-state index contributed by atoms with van der Waals surface area (Å²) in [5.74, 6) is 0.0527. The molecule has 104 valence electrons. The van der Waals surface area contributed by atoms with Crippen LogP contribution >= 0.6 is 11.6 Å². The molecular formula is C15H15ClN2O2. The van der Waals surface area contributed by atoms with Gasteiger partial charge < -0.3 is 4.74 Å². The number of fused-ring (bicyclic) bond motifs is 1. The molecular weight excluding hydrogens is 276 g/mol. The minimum Gasteiger partial charge on any atom is -0.464 e. The monoisotopic (exact) mass is 290 g/mol. The second kappa shape index (κ2) is 4.63. The molecule has 2 aromatic heterocycles.